The van der Waals surface area contributed by atoms with Crippen molar-refractivity contribution in [1.82, 2.24) is 0 Å². The standard InChI is InChI=1S/C17H25NO4/c1-3-4-11-22-14-9-10-15(13(2)12-14)18-16(19)7-5-6-8-17(20)21/h9-10,12H,3-8,11H2,1-2H3,(H,18,19)(H,20,21). The van der Waals surface area contributed by atoms with Gasteiger partial charge in [0.1, 0.15) is 5.75 Å². The van der Waals surface area contributed by atoms with E-state index in [1.807, 2.05) is 25.1 Å². The summed E-state index contributed by atoms with van der Waals surface area (Å²) in [7, 11) is 0. The van der Waals surface area contributed by atoms with Crippen LogP contribution in [0.4, 0.5) is 5.69 Å². The number of hydrogen-bond donors (Lipinski definition) is 2. The Labute approximate surface area is 131 Å². The molecule has 1 aromatic carbocycles. The van der Waals surface area contributed by atoms with E-state index in [2.05, 4.69) is 12.2 Å². The van der Waals surface area contributed by atoms with Gasteiger partial charge in [-0.1, -0.05) is 13.3 Å². The van der Waals surface area contributed by atoms with Crippen LogP contribution in [0.2, 0.25) is 0 Å². The highest BCUT2D eigenvalue weighted by atomic mass is 16.5. The highest BCUT2D eigenvalue weighted by Gasteiger charge is 2.06. The summed E-state index contributed by atoms with van der Waals surface area (Å²) in [4.78, 5) is 22.2. The Morgan fingerprint density at radius 3 is 2.55 bits per heavy atom. The summed E-state index contributed by atoms with van der Waals surface area (Å²) in [5, 5.41) is 11.4. The van der Waals surface area contributed by atoms with Crippen LogP contribution in [-0.4, -0.2) is 23.6 Å². The minimum atomic E-state index is -0.824. The van der Waals surface area contributed by atoms with E-state index in [9.17, 15) is 9.59 Å². The van der Waals surface area contributed by atoms with Crippen LogP contribution in [0.15, 0.2) is 18.2 Å². The zero-order chi connectivity index (χ0) is 16.4. The van der Waals surface area contributed by atoms with Crippen molar-refractivity contribution in [1.29, 1.82) is 0 Å². The fourth-order valence-electron chi connectivity index (χ4n) is 1.98. The third-order valence-electron chi connectivity index (χ3n) is 3.28. The van der Waals surface area contributed by atoms with Gasteiger partial charge in [-0.15, -0.1) is 0 Å². The van der Waals surface area contributed by atoms with Gasteiger partial charge in [-0.05, 0) is 49.9 Å². The molecule has 0 fully saturated rings. The Kier molecular flexibility index (Phi) is 8.04. The van der Waals surface area contributed by atoms with Crippen LogP contribution < -0.4 is 10.1 Å². The molecule has 22 heavy (non-hydrogen) atoms. The monoisotopic (exact) mass is 307 g/mol. The number of aryl methyl sites for hydroxylation is 1. The van der Waals surface area contributed by atoms with Crippen molar-refractivity contribution in [2.75, 3.05) is 11.9 Å². The third kappa shape index (κ3) is 7.11. The van der Waals surface area contributed by atoms with E-state index in [0.717, 1.165) is 29.8 Å². The van der Waals surface area contributed by atoms with Gasteiger partial charge in [0.15, 0.2) is 0 Å². The molecule has 1 rings (SSSR count). The molecule has 0 saturated carbocycles. The van der Waals surface area contributed by atoms with E-state index in [0.29, 0.717) is 25.9 Å². The van der Waals surface area contributed by atoms with Gasteiger partial charge in [-0.25, -0.2) is 0 Å². The van der Waals surface area contributed by atoms with Crippen LogP contribution in [-0.2, 0) is 9.59 Å². The quantitative estimate of drug-likeness (QED) is 0.645. The smallest absolute Gasteiger partial charge is 0.303 e. The average molecular weight is 307 g/mol. The van der Waals surface area contributed by atoms with Gasteiger partial charge < -0.3 is 15.2 Å². The minimum Gasteiger partial charge on any atom is -0.494 e. The van der Waals surface area contributed by atoms with Gasteiger partial charge in [-0.3, -0.25) is 9.59 Å². The molecule has 122 valence electrons. The lowest BCUT2D eigenvalue weighted by molar-refractivity contribution is -0.137. The molecule has 0 radical (unpaired) electrons. The highest BCUT2D eigenvalue weighted by molar-refractivity contribution is 5.91. The summed E-state index contributed by atoms with van der Waals surface area (Å²) < 4.78 is 5.62. The molecule has 5 nitrogen and oxygen atoms in total. The fourth-order valence-corrected chi connectivity index (χ4v) is 1.98. The normalized spacial score (nSPS) is 10.3. The molecule has 1 amide bonds. The lowest BCUT2D eigenvalue weighted by Crippen LogP contribution is -2.12. The Morgan fingerprint density at radius 2 is 1.91 bits per heavy atom. The second kappa shape index (κ2) is 9.82. The highest BCUT2D eigenvalue weighted by Crippen LogP contribution is 2.22. The van der Waals surface area contributed by atoms with E-state index in [4.69, 9.17) is 9.84 Å². The summed E-state index contributed by atoms with van der Waals surface area (Å²) in [6.07, 6.45) is 3.65. The molecule has 0 atom stereocenters. The predicted octanol–water partition coefficient (Wildman–Crippen LogP) is 3.76. The van der Waals surface area contributed by atoms with Crippen LogP contribution >= 0.6 is 0 Å². The van der Waals surface area contributed by atoms with Gasteiger partial charge in [-0.2, -0.15) is 0 Å². The molecule has 0 saturated heterocycles. The maximum Gasteiger partial charge on any atom is 0.303 e. The second-order valence-electron chi connectivity index (χ2n) is 5.33. The summed E-state index contributed by atoms with van der Waals surface area (Å²) >= 11 is 0. The minimum absolute atomic E-state index is 0.0897. The first-order chi connectivity index (χ1) is 10.5. The predicted molar refractivity (Wildman–Crippen MR) is 86.3 cm³/mol. The lowest BCUT2D eigenvalue weighted by atomic mass is 10.1. The first-order valence-corrected chi connectivity index (χ1v) is 7.78. The van der Waals surface area contributed by atoms with Gasteiger partial charge in [0, 0.05) is 18.5 Å². The van der Waals surface area contributed by atoms with Crippen LogP contribution in [0.3, 0.4) is 0 Å². The number of unbranched alkanes of at least 4 members (excludes halogenated alkanes) is 2. The number of ether oxygens (including phenoxy) is 1. The number of aliphatic carboxylic acids is 1. The first-order valence-electron chi connectivity index (χ1n) is 7.78. The zero-order valence-electron chi connectivity index (χ0n) is 13.4. The largest absolute Gasteiger partial charge is 0.494 e. The SMILES string of the molecule is CCCCOc1ccc(NC(=O)CCCCC(=O)O)c(C)c1. The molecule has 0 unspecified atom stereocenters. The van der Waals surface area contributed by atoms with Crippen LogP contribution in [0.25, 0.3) is 0 Å². The first kappa shape index (κ1) is 18.0. The Balaban J connectivity index is 2.41. The number of benzene rings is 1. The molecule has 2 N–H and O–H groups in total. The number of anilines is 1. The maximum absolute atomic E-state index is 11.8. The van der Waals surface area contributed by atoms with E-state index < -0.39 is 5.97 Å². The third-order valence-corrected chi connectivity index (χ3v) is 3.28. The van der Waals surface area contributed by atoms with E-state index in [1.165, 1.54) is 0 Å². The molecule has 0 bridgehead atoms. The molecular formula is C17H25NO4. The Hall–Kier alpha value is -2.04. The number of carboxylic acid groups (broad SMARTS) is 1. The van der Waals surface area contributed by atoms with Gasteiger partial charge in [0.2, 0.25) is 5.91 Å². The molecule has 0 aromatic heterocycles. The van der Waals surface area contributed by atoms with Crippen molar-refractivity contribution in [3.63, 3.8) is 0 Å². The van der Waals surface area contributed by atoms with E-state index in [1.54, 1.807) is 0 Å². The van der Waals surface area contributed by atoms with Gasteiger partial charge in [0.05, 0.1) is 6.61 Å². The molecule has 0 heterocycles. The van der Waals surface area contributed by atoms with Crippen LogP contribution in [0.1, 0.15) is 51.0 Å². The molecule has 0 aliphatic carbocycles. The van der Waals surface area contributed by atoms with Gasteiger partial charge >= 0.3 is 5.97 Å². The van der Waals surface area contributed by atoms with Crippen molar-refractivity contribution in [2.24, 2.45) is 0 Å². The Bertz CT molecular complexity index is 499. The van der Waals surface area contributed by atoms with Crippen molar-refractivity contribution in [2.45, 2.75) is 52.4 Å². The molecule has 0 aliphatic heterocycles. The number of amides is 1. The summed E-state index contributed by atoms with van der Waals surface area (Å²) in [5.41, 5.74) is 1.72. The molecular weight excluding hydrogens is 282 g/mol. The number of carbonyl (C=O) groups excluding carboxylic acids is 1. The summed E-state index contributed by atoms with van der Waals surface area (Å²) in [6.45, 7) is 4.74. The summed E-state index contributed by atoms with van der Waals surface area (Å²) in [6, 6.07) is 5.60. The van der Waals surface area contributed by atoms with Gasteiger partial charge in [0.25, 0.3) is 0 Å². The fraction of sp³-hybridized carbons (Fsp3) is 0.529. The zero-order valence-corrected chi connectivity index (χ0v) is 13.4. The average Bonchev–Trinajstić information content (AvgIpc) is 2.46. The van der Waals surface area contributed by atoms with Crippen molar-refractivity contribution in [3.8, 4) is 5.75 Å². The van der Waals surface area contributed by atoms with Crippen LogP contribution in [0, 0.1) is 6.92 Å². The molecule has 0 aliphatic rings. The van der Waals surface area contributed by atoms with Crippen molar-refractivity contribution >= 4 is 17.6 Å². The number of carboxylic acids is 1. The molecule has 5 heteroatoms. The number of hydrogen-bond acceptors (Lipinski definition) is 3. The molecule has 1 aromatic rings. The van der Waals surface area contributed by atoms with Crippen molar-refractivity contribution < 1.29 is 19.4 Å². The second-order valence-corrected chi connectivity index (χ2v) is 5.33. The lowest BCUT2D eigenvalue weighted by Gasteiger charge is -2.11. The number of rotatable bonds is 10. The number of nitrogens with one attached hydrogen (secondary N) is 1. The van der Waals surface area contributed by atoms with Crippen LogP contribution in [0.5, 0.6) is 5.75 Å². The van der Waals surface area contributed by atoms with E-state index in [-0.39, 0.29) is 12.3 Å². The van der Waals surface area contributed by atoms with E-state index >= 15 is 0 Å². The topological polar surface area (TPSA) is 75.6 Å². The van der Waals surface area contributed by atoms with Crippen molar-refractivity contribution in [3.05, 3.63) is 23.8 Å². The Morgan fingerprint density at radius 1 is 1.18 bits per heavy atom. The molecule has 0 spiro atoms. The maximum atomic E-state index is 11.8. The number of carbonyl (C=O) groups is 2. The summed E-state index contributed by atoms with van der Waals surface area (Å²) in [5.74, 6) is -0.103.